The van der Waals surface area contributed by atoms with Gasteiger partial charge in [0.15, 0.2) is 12.4 Å². The van der Waals surface area contributed by atoms with Crippen molar-refractivity contribution in [2.75, 3.05) is 13.2 Å². The summed E-state index contributed by atoms with van der Waals surface area (Å²) in [5.41, 5.74) is 1.93. The van der Waals surface area contributed by atoms with E-state index in [1.807, 2.05) is 44.2 Å². The Labute approximate surface area is 393 Å². The average molecular weight is 923 g/mol. The van der Waals surface area contributed by atoms with Gasteiger partial charge in [-0.1, -0.05) is 56.3 Å². The van der Waals surface area contributed by atoms with Crippen LogP contribution in [0.25, 0.3) is 0 Å². The van der Waals surface area contributed by atoms with Gasteiger partial charge in [0.2, 0.25) is 29.5 Å². The van der Waals surface area contributed by atoms with Crippen LogP contribution in [-0.4, -0.2) is 89.9 Å². The van der Waals surface area contributed by atoms with Gasteiger partial charge >= 0.3 is 5.97 Å². The van der Waals surface area contributed by atoms with Gasteiger partial charge in [-0.15, -0.1) is 0 Å². The fourth-order valence-electron chi connectivity index (χ4n) is 10.5. The molecule has 1 heterocycles. The Morgan fingerprint density at radius 3 is 1.85 bits per heavy atom. The number of phenolic OH excluding ortho intramolecular Hbond substituents is 1. The molecule has 3 aromatic rings. The highest BCUT2D eigenvalue weighted by Crippen LogP contribution is 2.61. The lowest BCUT2D eigenvalue weighted by Crippen LogP contribution is -2.57. The molecule has 7 N–H and O–H groups in total. The number of aromatic nitrogens is 1. The van der Waals surface area contributed by atoms with Crippen LogP contribution in [0.2, 0.25) is 0 Å². The fraction of sp³-hybridized carbons (Fsp3) is 0.529. The molecule has 0 saturated heterocycles. The van der Waals surface area contributed by atoms with Crippen molar-refractivity contribution in [3.8, 4) is 5.75 Å². The highest BCUT2D eigenvalue weighted by atomic mass is 16.5. The lowest BCUT2D eigenvalue weighted by atomic mass is 9.49. The smallest absolute Gasteiger partial charge is 0.328 e. The molecule has 360 valence electrons. The molecule has 4 fully saturated rings. The largest absolute Gasteiger partial charge is 0.508 e. The van der Waals surface area contributed by atoms with Crippen molar-refractivity contribution in [3.63, 3.8) is 0 Å². The van der Waals surface area contributed by atoms with Crippen molar-refractivity contribution in [1.29, 1.82) is 0 Å². The Bertz CT molecular complexity index is 2200. The van der Waals surface area contributed by atoms with Crippen molar-refractivity contribution >= 4 is 41.4 Å². The number of aromatic hydroxyl groups is 1. The van der Waals surface area contributed by atoms with Gasteiger partial charge in [0.1, 0.15) is 48.6 Å². The molecule has 7 rings (SSSR count). The zero-order valence-electron chi connectivity index (χ0n) is 39.3. The number of rotatable bonds is 22. The number of carbonyl (C=O) groups is 7. The van der Waals surface area contributed by atoms with Gasteiger partial charge in [-0.2, -0.15) is 0 Å². The van der Waals surface area contributed by atoms with E-state index in [2.05, 4.69) is 31.9 Å². The summed E-state index contributed by atoms with van der Waals surface area (Å²) in [6.07, 6.45) is 12.2. The van der Waals surface area contributed by atoms with Gasteiger partial charge < -0.3 is 41.7 Å². The summed E-state index contributed by atoms with van der Waals surface area (Å²) in [4.78, 5) is 94.2. The SMILES string of the molecule is CC(C)C[C@@H](NC(=O)[C@H](Cc1ccccc1)NC(=O)CNC(=O)[C@@H](C)NC(=O)[C@H](Cc1ccc(O)cc1)NC(=O)[C@H](C)NC(=O)c1ccc[n+](C)c1)C(=O)OCCC12CC3CC(CC(C3)C1)C2. The second-order valence-corrected chi connectivity index (χ2v) is 19.7. The van der Waals surface area contributed by atoms with Gasteiger partial charge in [-0.3, -0.25) is 28.8 Å². The number of esters is 1. The van der Waals surface area contributed by atoms with E-state index >= 15 is 0 Å². The average Bonchev–Trinajstić information content (AvgIpc) is 3.27. The van der Waals surface area contributed by atoms with Gasteiger partial charge in [0, 0.05) is 18.9 Å². The van der Waals surface area contributed by atoms with Crippen LogP contribution in [0, 0.1) is 29.1 Å². The van der Waals surface area contributed by atoms with Crippen LogP contribution >= 0.6 is 0 Å². The van der Waals surface area contributed by atoms with Crippen LogP contribution in [0.5, 0.6) is 5.75 Å². The van der Waals surface area contributed by atoms with Crippen molar-refractivity contribution in [2.45, 2.75) is 122 Å². The van der Waals surface area contributed by atoms with Gasteiger partial charge in [-0.05, 0) is 124 Å². The number of benzene rings is 2. The fourth-order valence-corrected chi connectivity index (χ4v) is 10.5. The zero-order chi connectivity index (χ0) is 48.3. The zero-order valence-corrected chi connectivity index (χ0v) is 39.3. The van der Waals surface area contributed by atoms with E-state index in [1.54, 1.807) is 48.3 Å². The Kier molecular flexibility index (Phi) is 17.1. The molecule has 0 radical (unpaired) electrons. The summed E-state index contributed by atoms with van der Waals surface area (Å²) >= 11 is 0. The third kappa shape index (κ3) is 14.6. The molecule has 4 saturated carbocycles. The lowest BCUT2D eigenvalue weighted by Gasteiger charge is -2.57. The van der Waals surface area contributed by atoms with Crippen molar-refractivity contribution < 1.29 is 48.0 Å². The summed E-state index contributed by atoms with van der Waals surface area (Å²) in [6, 6.07) is 13.0. The molecular weight excluding hydrogens is 855 g/mol. The third-order valence-electron chi connectivity index (χ3n) is 13.4. The summed E-state index contributed by atoms with van der Waals surface area (Å²) in [6.45, 7) is 6.57. The number of pyridine rings is 1. The number of hydrogen-bond acceptors (Lipinski definition) is 9. The molecule has 4 aliphatic carbocycles. The minimum atomic E-state index is -1.21. The summed E-state index contributed by atoms with van der Waals surface area (Å²) < 4.78 is 7.58. The van der Waals surface area contributed by atoms with Crippen LogP contribution < -0.4 is 36.5 Å². The van der Waals surface area contributed by atoms with Crippen LogP contribution in [0.4, 0.5) is 0 Å². The molecule has 4 aliphatic rings. The van der Waals surface area contributed by atoms with Gasteiger partial charge in [-0.25, -0.2) is 9.36 Å². The normalized spacial score (nSPS) is 21.4. The molecular formula is C51H68N7O9+. The maximum atomic E-state index is 14.0. The lowest BCUT2D eigenvalue weighted by molar-refractivity contribution is -0.671. The first-order valence-corrected chi connectivity index (χ1v) is 23.7. The minimum absolute atomic E-state index is 0.00760. The van der Waals surface area contributed by atoms with E-state index in [4.69, 9.17) is 4.74 Å². The third-order valence-corrected chi connectivity index (χ3v) is 13.4. The first kappa shape index (κ1) is 50.1. The van der Waals surface area contributed by atoms with Crippen LogP contribution in [0.1, 0.15) is 101 Å². The summed E-state index contributed by atoms with van der Waals surface area (Å²) in [5.74, 6) is -1.91. The number of nitrogens with one attached hydrogen (secondary N) is 6. The van der Waals surface area contributed by atoms with Crippen molar-refractivity contribution in [2.24, 2.45) is 36.1 Å². The standard InChI is InChI=1S/C51H67N7O9/c1-31(2)20-43(50(66)67-19-17-51-26-36-21-37(27-51)23-38(22-36)28-51)57-49(65)41(24-34-10-7-6-8-11-34)55-44(60)29-52-45(61)32(3)54-48(64)42(25-35-13-15-40(59)16-14-35)56-46(62)33(4)53-47(63)39-12-9-18-58(5)30-39/h6-16,18,30-33,36-38,41-43H,17,19-29H2,1-5H3,(H6-,52,53,54,55,56,57,59,60,61,62,63,64,65)/p+1/t32-,33+,36?,37?,38?,41+,42+,43-,51?/m1/s1. The van der Waals surface area contributed by atoms with Gasteiger partial charge in [0.05, 0.1) is 13.2 Å². The highest BCUT2D eigenvalue weighted by Gasteiger charge is 2.50. The maximum Gasteiger partial charge on any atom is 0.328 e. The summed E-state index contributed by atoms with van der Waals surface area (Å²) in [7, 11) is 1.76. The second kappa shape index (κ2) is 22.9. The number of carbonyl (C=O) groups excluding carboxylic acids is 7. The number of aryl methyl sites for hydroxylation is 1. The van der Waals surface area contributed by atoms with Crippen LogP contribution in [-0.2, 0) is 53.4 Å². The quantitative estimate of drug-likeness (QED) is 0.0580. The molecule has 16 heteroatoms. The molecule has 0 aliphatic heterocycles. The van der Waals surface area contributed by atoms with Crippen LogP contribution in [0.3, 0.4) is 0 Å². The molecule has 0 spiro atoms. The van der Waals surface area contributed by atoms with Crippen LogP contribution in [0.15, 0.2) is 79.1 Å². The Morgan fingerprint density at radius 2 is 1.24 bits per heavy atom. The molecule has 1 aromatic heterocycles. The number of phenols is 1. The maximum absolute atomic E-state index is 14.0. The number of hydrogen-bond donors (Lipinski definition) is 7. The monoisotopic (exact) mass is 923 g/mol. The number of ether oxygens (including phenoxy) is 1. The first-order valence-electron chi connectivity index (χ1n) is 23.7. The molecule has 6 amide bonds. The van der Waals surface area contributed by atoms with E-state index in [9.17, 15) is 38.7 Å². The Morgan fingerprint density at radius 1 is 0.672 bits per heavy atom. The van der Waals surface area contributed by atoms with E-state index < -0.39 is 78.2 Å². The van der Waals surface area contributed by atoms with E-state index in [1.165, 1.54) is 64.5 Å². The molecule has 0 unspecified atom stereocenters. The van der Waals surface area contributed by atoms with Crippen molar-refractivity contribution in [1.82, 2.24) is 31.9 Å². The molecule has 16 nitrogen and oxygen atoms in total. The van der Waals surface area contributed by atoms with E-state index in [0.717, 1.165) is 29.7 Å². The number of nitrogens with zero attached hydrogens (tertiary/aromatic N) is 1. The Hall–Kier alpha value is -6.32. The molecule has 5 atom stereocenters. The van der Waals surface area contributed by atoms with E-state index in [0.29, 0.717) is 24.2 Å². The van der Waals surface area contributed by atoms with Gasteiger partial charge in [0.25, 0.3) is 5.91 Å². The molecule has 4 bridgehead atoms. The molecule has 2 aromatic carbocycles. The predicted molar refractivity (Wildman–Crippen MR) is 249 cm³/mol. The van der Waals surface area contributed by atoms with Crippen molar-refractivity contribution in [3.05, 3.63) is 95.8 Å². The first-order chi connectivity index (χ1) is 31.9. The molecule has 67 heavy (non-hydrogen) atoms. The predicted octanol–water partition coefficient (Wildman–Crippen LogP) is 3.09. The Balaban J connectivity index is 1.03. The minimum Gasteiger partial charge on any atom is -0.508 e. The second-order valence-electron chi connectivity index (χ2n) is 19.7. The highest BCUT2D eigenvalue weighted by molar-refractivity contribution is 5.98. The van der Waals surface area contributed by atoms with E-state index in [-0.39, 0.29) is 29.9 Å². The number of amides is 6. The summed E-state index contributed by atoms with van der Waals surface area (Å²) in [5, 5.41) is 25.8. The topological polar surface area (TPSA) is 225 Å².